The molecule has 32 heavy (non-hydrogen) atoms. The quantitative estimate of drug-likeness (QED) is 0.526. The minimum Gasteiger partial charge on any atom is -0.494 e. The maximum Gasteiger partial charge on any atom is 0.252 e. The van der Waals surface area contributed by atoms with Crippen molar-refractivity contribution in [3.05, 3.63) is 48.4 Å². The maximum atomic E-state index is 13.1. The van der Waals surface area contributed by atoms with Crippen molar-refractivity contribution in [2.24, 2.45) is 0 Å². The first-order valence-corrected chi connectivity index (χ1v) is 10.7. The minimum absolute atomic E-state index is 0.0824. The Labute approximate surface area is 191 Å². The van der Waals surface area contributed by atoms with Crippen LogP contribution in [0.3, 0.4) is 0 Å². The topological polar surface area (TPSA) is 104 Å². The number of ether oxygens (including phenoxy) is 1. The number of hydrogen-bond acceptors (Lipinski definition) is 6. The van der Waals surface area contributed by atoms with E-state index in [4.69, 9.17) is 21.4 Å². The summed E-state index contributed by atoms with van der Waals surface area (Å²) in [5.41, 5.74) is 0.601. The molecule has 3 rings (SSSR count). The molecule has 1 aliphatic heterocycles. The van der Waals surface area contributed by atoms with Gasteiger partial charge < -0.3 is 24.7 Å². The van der Waals surface area contributed by atoms with E-state index in [1.54, 1.807) is 41.3 Å². The van der Waals surface area contributed by atoms with E-state index in [9.17, 15) is 14.4 Å². The van der Waals surface area contributed by atoms with E-state index in [0.29, 0.717) is 42.0 Å². The lowest BCUT2D eigenvalue weighted by Crippen LogP contribution is -2.42. The van der Waals surface area contributed by atoms with Gasteiger partial charge in [-0.3, -0.25) is 19.3 Å². The number of hydrogen-bond donors (Lipinski definition) is 2. The van der Waals surface area contributed by atoms with E-state index in [2.05, 4.69) is 10.6 Å². The number of nitrogens with one attached hydrogen (secondary N) is 2. The Bertz CT molecular complexity index is 961. The van der Waals surface area contributed by atoms with Gasteiger partial charge in [0, 0.05) is 25.7 Å². The summed E-state index contributed by atoms with van der Waals surface area (Å²) in [4.78, 5) is 40.2. The summed E-state index contributed by atoms with van der Waals surface area (Å²) < 4.78 is 10.7. The third-order valence-electron chi connectivity index (χ3n) is 4.85. The molecule has 2 heterocycles. The van der Waals surface area contributed by atoms with E-state index >= 15 is 0 Å². The van der Waals surface area contributed by atoms with Crippen LogP contribution in [0.5, 0.6) is 5.75 Å². The number of rotatable bonds is 10. The van der Waals surface area contributed by atoms with E-state index in [0.717, 1.165) is 0 Å². The fourth-order valence-corrected chi connectivity index (χ4v) is 3.76. The van der Waals surface area contributed by atoms with Crippen LogP contribution in [0, 0.1) is 0 Å². The second-order valence-electron chi connectivity index (χ2n) is 7.19. The average Bonchev–Trinajstić information content (AvgIpc) is 3.34. The molecule has 10 heteroatoms. The van der Waals surface area contributed by atoms with Crippen molar-refractivity contribution in [1.29, 1.82) is 0 Å². The molecular weight excluding hydrogens is 432 g/mol. The zero-order valence-electron chi connectivity index (χ0n) is 18.0. The number of benzene rings is 1. The number of anilines is 1. The highest BCUT2D eigenvalue weighted by molar-refractivity contribution is 7.80. The lowest BCUT2D eigenvalue weighted by molar-refractivity contribution is -0.131. The van der Waals surface area contributed by atoms with Crippen LogP contribution in [0.25, 0.3) is 0 Å². The van der Waals surface area contributed by atoms with Crippen LogP contribution in [0.2, 0.25) is 0 Å². The molecule has 1 aromatic carbocycles. The molecular formula is C22H26N4O5S. The van der Waals surface area contributed by atoms with Gasteiger partial charge in [0.15, 0.2) is 5.11 Å². The lowest BCUT2D eigenvalue weighted by atomic mass is 10.1. The number of thiocarbonyl (C=S) groups is 1. The van der Waals surface area contributed by atoms with E-state index in [-0.39, 0.29) is 30.7 Å². The normalized spacial score (nSPS) is 15.8. The molecule has 9 nitrogen and oxygen atoms in total. The summed E-state index contributed by atoms with van der Waals surface area (Å²) in [7, 11) is 0. The second-order valence-corrected chi connectivity index (χ2v) is 7.55. The first-order chi connectivity index (χ1) is 15.4. The van der Waals surface area contributed by atoms with Crippen molar-refractivity contribution in [2.45, 2.75) is 32.9 Å². The third kappa shape index (κ3) is 5.85. The summed E-state index contributed by atoms with van der Waals surface area (Å²) in [6.07, 6.45) is 1.44. The van der Waals surface area contributed by atoms with E-state index < -0.39 is 6.04 Å². The van der Waals surface area contributed by atoms with Gasteiger partial charge >= 0.3 is 0 Å². The number of amides is 3. The van der Waals surface area contributed by atoms with Gasteiger partial charge in [-0.1, -0.05) is 0 Å². The van der Waals surface area contributed by atoms with E-state index in [1.165, 1.54) is 18.1 Å². The fourth-order valence-electron chi connectivity index (χ4n) is 3.39. The highest BCUT2D eigenvalue weighted by Gasteiger charge is 2.43. The Balaban J connectivity index is 1.69. The van der Waals surface area contributed by atoms with Crippen LogP contribution in [-0.2, 0) is 20.9 Å². The number of nitrogens with zero attached hydrogens (tertiary/aromatic N) is 2. The Morgan fingerprint density at radius 1 is 1.22 bits per heavy atom. The summed E-state index contributed by atoms with van der Waals surface area (Å²) in [5.74, 6) is 0.510. The smallest absolute Gasteiger partial charge is 0.252 e. The minimum atomic E-state index is -0.770. The fraction of sp³-hybridized carbons (Fsp3) is 0.364. The van der Waals surface area contributed by atoms with Crippen LogP contribution in [0.1, 0.15) is 26.0 Å². The Morgan fingerprint density at radius 3 is 2.59 bits per heavy atom. The molecule has 2 aromatic rings. The second kappa shape index (κ2) is 10.8. The van der Waals surface area contributed by atoms with E-state index in [1.807, 2.05) is 6.92 Å². The lowest BCUT2D eigenvalue weighted by Gasteiger charge is -2.23. The highest BCUT2D eigenvalue weighted by Crippen LogP contribution is 2.24. The van der Waals surface area contributed by atoms with Gasteiger partial charge in [-0.05, 0) is 55.5 Å². The van der Waals surface area contributed by atoms with Gasteiger partial charge in [0.2, 0.25) is 11.8 Å². The van der Waals surface area contributed by atoms with Crippen molar-refractivity contribution >= 4 is 40.7 Å². The highest BCUT2D eigenvalue weighted by atomic mass is 32.1. The molecule has 0 unspecified atom stereocenters. The maximum absolute atomic E-state index is 13.1. The largest absolute Gasteiger partial charge is 0.494 e. The summed E-state index contributed by atoms with van der Waals surface area (Å²) in [6, 6.07) is 9.72. The van der Waals surface area contributed by atoms with Crippen LogP contribution in [0.4, 0.5) is 5.69 Å². The summed E-state index contributed by atoms with van der Waals surface area (Å²) in [6.45, 7) is 4.65. The number of furan rings is 1. The van der Waals surface area contributed by atoms with Crippen molar-refractivity contribution in [3.63, 3.8) is 0 Å². The van der Waals surface area contributed by atoms with Crippen LogP contribution >= 0.6 is 12.2 Å². The Kier molecular flexibility index (Phi) is 7.82. The van der Waals surface area contributed by atoms with Crippen molar-refractivity contribution in [2.75, 3.05) is 25.0 Å². The van der Waals surface area contributed by atoms with Crippen molar-refractivity contribution in [3.8, 4) is 5.75 Å². The molecule has 2 N–H and O–H groups in total. The third-order valence-corrected chi connectivity index (χ3v) is 5.31. The molecule has 0 spiro atoms. The van der Waals surface area contributed by atoms with Crippen LogP contribution in [-0.4, -0.2) is 58.4 Å². The van der Waals surface area contributed by atoms with Gasteiger partial charge in [0.1, 0.15) is 17.6 Å². The molecule has 0 bridgehead atoms. The van der Waals surface area contributed by atoms with Gasteiger partial charge in [-0.25, -0.2) is 0 Å². The molecule has 1 atom stereocenters. The van der Waals surface area contributed by atoms with Gasteiger partial charge in [-0.15, -0.1) is 0 Å². The molecule has 0 radical (unpaired) electrons. The zero-order chi connectivity index (χ0) is 23.1. The summed E-state index contributed by atoms with van der Waals surface area (Å²) >= 11 is 5.52. The molecule has 3 amide bonds. The molecule has 1 fully saturated rings. The molecule has 170 valence electrons. The van der Waals surface area contributed by atoms with Gasteiger partial charge in [-0.2, -0.15) is 0 Å². The average molecular weight is 459 g/mol. The van der Waals surface area contributed by atoms with Gasteiger partial charge in [0.25, 0.3) is 5.91 Å². The molecule has 1 saturated heterocycles. The van der Waals surface area contributed by atoms with Crippen molar-refractivity contribution < 1.29 is 23.5 Å². The van der Waals surface area contributed by atoms with Crippen molar-refractivity contribution in [1.82, 2.24) is 15.1 Å². The summed E-state index contributed by atoms with van der Waals surface area (Å²) in [5, 5.41) is 5.80. The Hall–Kier alpha value is -3.40. The molecule has 1 aliphatic rings. The first kappa shape index (κ1) is 23.3. The first-order valence-electron chi connectivity index (χ1n) is 10.3. The number of carbonyl (C=O) groups is 3. The SMILES string of the molecule is CCOc1ccc(NC(=O)C[C@H]2C(=O)N(Cc3ccco3)C(=S)N2CCNC(C)=O)cc1. The molecule has 0 aliphatic carbocycles. The standard InChI is InChI=1S/C22H26N4O5S/c1-3-30-17-8-6-16(7-9-17)24-20(28)13-19-21(29)26(14-18-5-4-12-31-18)22(32)25(19)11-10-23-15(2)27/h4-9,12,19H,3,10-11,13-14H2,1-2H3,(H,23,27)(H,24,28)/t19-/m0/s1. The number of carbonyl (C=O) groups excluding carboxylic acids is 3. The Morgan fingerprint density at radius 2 is 1.97 bits per heavy atom. The zero-order valence-corrected chi connectivity index (χ0v) is 18.8. The predicted molar refractivity (Wildman–Crippen MR) is 122 cm³/mol. The predicted octanol–water partition coefficient (Wildman–Crippen LogP) is 2.14. The van der Waals surface area contributed by atoms with Crippen LogP contribution < -0.4 is 15.4 Å². The van der Waals surface area contributed by atoms with Crippen LogP contribution in [0.15, 0.2) is 47.1 Å². The molecule has 1 aromatic heterocycles. The monoisotopic (exact) mass is 458 g/mol. The van der Waals surface area contributed by atoms with Gasteiger partial charge in [0.05, 0.1) is 25.8 Å². The molecule has 0 saturated carbocycles.